The van der Waals surface area contributed by atoms with Gasteiger partial charge in [-0.3, -0.25) is 9.59 Å². The van der Waals surface area contributed by atoms with Gasteiger partial charge in [0.05, 0.1) is 23.6 Å². The first-order valence-electron chi connectivity index (χ1n) is 11.4. The van der Waals surface area contributed by atoms with E-state index in [0.29, 0.717) is 0 Å². The number of halogens is 1. The number of carbonyl (C=O) groups is 2. The molecule has 3 aromatic carbocycles. The standard InChI is InChI=1S/C23H23ClN2O.C4H6O4/c24-22-11-8-18-12-14-25-15-13-21(18)23(22)26-16-17-6-9-20(10-7-17)27-19-4-2-1-3-5-19;5-3(6)1-2-4(7)8/h1-11,25-26H,12-16H2;1-2H2,(H,5,6)(H,7,8). The zero-order valence-corrected chi connectivity index (χ0v) is 20.1. The summed E-state index contributed by atoms with van der Waals surface area (Å²) in [6.07, 6.45) is 1.46. The van der Waals surface area contributed by atoms with E-state index in [-0.39, 0.29) is 12.8 Å². The summed E-state index contributed by atoms with van der Waals surface area (Å²) in [5.41, 5.74) is 4.99. The lowest BCUT2D eigenvalue weighted by Crippen LogP contribution is -2.16. The number of anilines is 1. The number of carboxylic acid groups (broad SMARTS) is 2. The molecule has 0 bridgehead atoms. The minimum Gasteiger partial charge on any atom is -0.481 e. The normalized spacial score (nSPS) is 12.4. The monoisotopic (exact) mass is 496 g/mol. The van der Waals surface area contributed by atoms with Gasteiger partial charge in [0.2, 0.25) is 0 Å². The molecule has 0 aromatic heterocycles. The first kappa shape index (κ1) is 26.1. The summed E-state index contributed by atoms with van der Waals surface area (Å²) < 4.78 is 5.86. The summed E-state index contributed by atoms with van der Waals surface area (Å²) in [7, 11) is 0. The van der Waals surface area contributed by atoms with Gasteiger partial charge in [-0.25, -0.2) is 0 Å². The van der Waals surface area contributed by atoms with E-state index in [9.17, 15) is 9.59 Å². The van der Waals surface area contributed by atoms with Gasteiger partial charge in [-0.1, -0.05) is 48.0 Å². The molecule has 184 valence electrons. The summed E-state index contributed by atoms with van der Waals surface area (Å²) in [6, 6.07) is 22.2. The predicted molar refractivity (Wildman–Crippen MR) is 137 cm³/mol. The van der Waals surface area contributed by atoms with Crippen LogP contribution in [0.3, 0.4) is 0 Å². The minimum atomic E-state index is -1.08. The highest BCUT2D eigenvalue weighted by atomic mass is 35.5. The van der Waals surface area contributed by atoms with E-state index >= 15 is 0 Å². The third kappa shape index (κ3) is 8.63. The van der Waals surface area contributed by atoms with Gasteiger partial charge >= 0.3 is 11.9 Å². The summed E-state index contributed by atoms with van der Waals surface area (Å²) in [6.45, 7) is 2.75. The molecule has 0 atom stereocenters. The van der Waals surface area contributed by atoms with Gasteiger partial charge in [-0.2, -0.15) is 0 Å². The van der Waals surface area contributed by atoms with Crippen LogP contribution in [0.25, 0.3) is 0 Å². The van der Waals surface area contributed by atoms with Crippen molar-refractivity contribution in [3.63, 3.8) is 0 Å². The number of fused-ring (bicyclic) bond motifs is 1. The molecule has 7 nitrogen and oxygen atoms in total. The van der Waals surface area contributed by atoms with Crippen molar-refractivity contribution in [2.24, 2.45) is 0 Å². The van der Waals surface area contributed by atoms with E-state index in [0.717, 1.165) is 54.7 Å². The second-order valence-electron chi connectivity index (χ2n) is 8.01. The molecule has 3 aromatic rings. The van der Waals surface area contributed by atoms with Gasteiger partial charge in [-0.15, -0.1) is 0 Å². The quantitative estimate of drug-likeness (QED) is 0.332. The number of benzene rings is 3. The Labute approximate surface area is 209 Å². The smallest absolute Gasteiger partial charge is 0.303 e. The van der Waals surface area contributed by atoms with E-state index in [4.69, 9.17) is 26.6 Å². The highest BCUT2D eigenvalue weighted by Crippen LogP contribution is 2.31. The van der Waals surface area contributed by atoms with Crippen LogP contribution < -0.4 is 15.4 Å². The van der Waals surface area contributed by atoms with Crippen LogP contribution in [-0.2, 0) is 29.0 Å². The Balaban J connectivity index is 0.000000371. The molecular formula is C27H29ClN2O5. The predicted octanol–water partition coefficient (Wildman–Crippen LogP) is 5.37. The lowest BCUT2D eigenvalue weighted by Gasteiger charge is -2.16. The number of hydrogen-bond acceptors (Lipinski definition) is 5. The topological polar surface area (TPSA) is 108 Å². The Morgan fingerprint density at radius 1 is 0.857 bits per heavy atom. The average molecular weight is 497 g/mol. The lowest BCUT2D eigenvalue weighted by molar-refractivity contribution is -0.143. The number of ether oxygens (including phenoxy) is 1. The molecule has 1 aliphatic rings. The molecule has 1 aliphatic heterocycles. The van der Waals surface area contributed by atoms with Gasteiger partial charge in [0.25, 0.3) is 0 Å². The zero-order valence-electron chi connectivity index (χ0n) is 19.3. The van der Waals surface area contributed by atoms with Gasteiger partial charge in [0, 0.05) is 6.54 Å². The van der Waals surface area contributed by atoms with Crippen molar-refractivity contribution in [1.82, 2.24) is 5.32 Å². The van der Waals surface area contributed by atoms with Crippen LogP contribution in [0.1, 0.15) is 29.5 Å². The molecule has 0 saturated heterocycles. The number of aliphatic carboxylic acids is 2. The Morgan fingerprint density at radius 3 is 2.14 bits per heavy atom. The van der Waals surface area contributed by atoms with E-state index in [1.54, 1.807) is 0 Å². The molecule has 0 amide bonds. The second-order valence-corrected chi connectivity index (χ2v) is 8.42. The summed E-state index contributed by atoms with van der Waals surface area (Å²) >= 11 is 6.49. The maximum Gasteiger partial charge on any atom is 0.303 e. The summed E-state index contributed by atoms with van der Waals surface area (Å²) in [5, 5.41) is 23.6. The van der Waals surface area contributed by atoms with Crippen molar-refractivity contribution in [2.75, 3.05) is 18.4 Å². The summed E-state index contributed by atoms with van der Waals surface area (Å²) in [4.78, 5) is 19.3. The Kier molecular flexibility index (Phi) is 9.95. The zero-order chi connectivity index (χ0) is 25.0. The fourth-order valence-electron chi connectivity index (χ4n) is 3.64. The first-order chi connectivity index (χ1) is 16.9. The van der Waals surface area contributed by atoms with Gasteiger partial charge in [0.1, 0.15) is 11.5 Å². The molecule has 0 spiro atoms. The van der Waals surface area contributed by atoms with Crippen LogP contribution >= 0.6 is 11.6 Å². The molecule has 0 aliphatic carbocycles. The van der Waals surface area contributed by atoms with Gasteiger partial charge in [0.15, 0.2) is 0 Å². The second kappa shape index (κ2) is 13.4. The number of rotatable bonds is 8. The molecule has 0 saturated carbocycles. The third-order valence-corrected chi connectivity index (χ3v) is 5.72. The fraction of sp³-hybridized carbons (Fsp3) is 0.259. The highest BCUT2D eigenvalue weighted by molar-refractivity contribution is 6.33. The molecule has 0 fully saturated rings. The first-order valence-corrected chi connectivity index (χ1v) is 11.8. The lowest BCUT2D eigenvalue weighted by atomic mass is 10.0. The molecule has 0 radical (unpaired) electrons. The number of nitrogens with one attached hydrogen (secondary N) is 2. The summed E-state index contributed by atoms with van der Waals surface area (Å²) in [5.74, 6) is -0.474. The third-order valence-electron chi connectivity index (χ3n) is 5.41. The molecule has 1 heterocycles. The Morgan fingerprint density at radius 2 is 1.49 bits per heavy atom. The van der Waals surface area contributed by atoms with Crippen molar-refractivity contribution < 1.29 is 24.5 Å². The average Bonchev–Trinajstić information content (AvgIpc) is 3.10. The van der Waals surface area contributed by atoms with E-state index in [1.165, 1.54) is 16.7 Å². The molecule has 4 rings (SSSR count). The van der Waals surface area contributed by atoms with Crippen LogP contribution in [0.5, 0.6) is 11.5 Å². The van der Waals surface area contributed by atoms with Gasteiger partial charge in [-0.05, 0) is 73.0 Å². The molecule has 8 heteroatoms. The molecule has 0 unspecified atom stereocenters. The largest absolute Gasteiger partial charge is 0.481 e. The van der Waals surface area contributed by atoms with Gasteiger partial charge < -0.3 is 25.6 Å². The fourth-order valence-corrected chi connectivity index (χ4v) is 3.88. The Hall–Kier alpha value is -3.55. The number of para-hydroxylation sites is 1. The SMILES string of the molecule is Clc1ccc2c(c1NCc1ccc(Oc3ccccc3)cc1)CCNCC2.O=C(O)CCC(=O)O. The highest BCUT2D eigenvalue weighted by Gasteiger charge is 2.14. The maximum atomic E-state index is 9.64. The van der Waals surface area contributed by atoms with Crippen LogP contribution in [-0.4, -0.2) is 35.2 Å². The van der Waals surface area contributed by atoms with Crippen molar-refractivity contribution in [3.8, 4) is 11.5 Å². The van der Waals surface area contributed by atoms with E-state index in [1.807, 2.05) is 48.5 Å². The van der Waals surface area contributed by atoms with E-state index < -0.39 is 11.9 Å². The van der Waals surface area contributed by atoms with Crippen molar-refractivity contribution in [2.45, 2.75) is 32.2 Å². The number of carboxylic acids is 2. The molecular weight excluding hydrogens is 468 g/mol. The van der Waals surface area contributed by atoms with Crippen LogP contribution in [0, 0.1) is 0 Å². The number of hydrogen-bond donors (Lipinski definition) is 4. The molecule has 35 heavy (non-hydrogen) atoms. The van der Waals surface area contributed by atoms with Crippen molar-refractivity contribution >= 4 is 29.2 Å². The maximum absolute atomic E-state index is 9.64. The minimum absolute atomic E-state index is 0.296. The molecule has 4 N–H and O–H groups in total. The van der Waals surface area contributed by atoms with Crippen molar-refractivity contribution in [3.05, 3.63) is 88.4 Å². The van der Waals surface area contributed by atoms with Crippen LogP contribution in [0.4, 0.5) is 5.69 Å². The van der Waals surface area contributed by atoms with Crippen LogP contribution in [0.15, 0.2) is 66.7 Å². The Bertz CT molecular complexity index is 1110. The van der Waals surface area contributed by atoms with E-state index in [2.05, 4.69) is 28.8 Å². The van der Waals surface area contributed by atoms with Crippen LogP contribution in [0.2, 0.25) is 5.02 Å². The van der Waals surface area contributed by atoms with Crippen molar-refractivity contribution in [1.29, 1.82) is 0 Å².